The largest absolute Gasteiger partial charge is 0.324 e. The maximum absolute atomic E-state index is 12.6. The average molecular weight is 391 g/mol. The summed E-state index contributed by atoms with van der Waals surface area (Å²) in [7, 11) is -3.71. The highest BCUT2D eigenvalue weighted by molar-refractivity contribution is 7.89. The second-order valence-electron chi connectivity index (χ2n) is 6.22. The summed E-state index contributed by atoms with van der Waals surface area (Å²) < 4.78 is 27.7. The van der Waals surface area contributed by atoms with Crippen LogP contribution in [-0.4, -0.2) is 36.3 Å². The average Bonchev–Trinajstić information content (AvgIpc) is 2.61. The van der Waals surface area contributed by atoms with E-state index in [4.69, 9.17) is 0 Å². The minimum Gasteiger partial charge on any atom is -0.324 e. The van der Waals surface area contributed by atoms with E-state index in [1.54, 1.807) is 19.9 Å². The van der Waals surface area contributed by atoms with E-state index >= 15 is 0 Å². The molecule has 0 saturated heterocycles. The Labute approximate surface area is 159 Å². The molecule has 0 atom stereocenters. The second kappa shape index (κ2) is 8.49. The van der Waals surface area contributed by atoms with Crippen LogP contribution in [-0.2, 0) is 21.4 Å². The summed E-state index contributed by atoms with van der Waals surface area (Å²) in [6.45, 7) is 7.71. The number of sulfonamides is 1. The lowest BCUT2D eigenvalue weighted by Crippen LogP contribution is -2.33. The first-order valence-corrected chi connectivity index (χ1v) is 10.2. The fraction of sp³-hybridized carbons (Fsp3) is 0.368. The first-order valence-electron chi connectivity index (χ1n) is 8.77. The molecule has 0 aliphatic heterocycles. The van der Waals surface area contributed by atoms with Gasteiger partial charge in [-0.15, -0.1) is 0 Å². The molecule has 1 amide bonds. The monoisotopic (exact) mass is 391 g/mol. The van der Waals surface area contributed by atoms with E-state index in [0.717, 1.165) is 15.7 Å². The van der Waals surface area contributed by atoms with Gasteiger partial charge in [-0.05, 0) is 37.1 Å². The zero-order valence-electron chi connectivity index (χ0n) is 16.0. The van der Waals surface area contributed by atoms with Crippen LogP contribution in [0.4, 0.5) is 5.69 Å². The van der Waals surface area contributed by atoms with E-state index in [0.29, 0.717) is 18.8 Å². The van der Waals surface area contributed by atoms with Gasteiger partial charge < -0.3 is 9.88 Å². The van der Waals surface area contributed by atoms with Crippen molar-refractivity contribution in [3.63, 3.8) is 0 Å². The zero-order chi connectivity index (χ0) is 20.2. The molecule has 0 fully saturated rings. The smallest absolute Gasteiger partial charge is 0.251 e. The summed E-state index contributed by atoms with van der Waals surface area (Å²) in [4.78, 5) is 24.5. The minimum absolute atomic E-state index is 0.00895. The van der Waals surface area contributed by atoms with Gasteiger partial charge in [-0.1, -0.05) is 26.0 Å². The van der Waals surface area contributed by atoms with Crippen molar-refractivity contribution >= 4 is 21.6 Å². The lowest BCUT2D eigenvalue weighted by Gasteiger charge is -2.19. The predicted octanol–water partition coefficient (Wildman–Crippen LogP) is 2.13. The number of hydrogen-bond donors (Lipinski definition) is 1. The fourth-order valence-corrected chi connectivity index (χ4v) is 4.21. The number of carbonyl (C=O) groups excluding carboxylic acids is 1. The SMILES string of the molecule is CCN(CC)S(=O)(=O)c1ccc(=O)n(CC(=O)Nc2cccc(C)c2C)c1. The minimum atomic E-state index is -3.71. The second-order valence-corrected chi connectivity index (χ2v) is 8.15. The van der Waals surface area contributed by atoms with Crippen LogP contribution in [0.3, 0.4) is 0 Å². The van der Waals surface area contributed by atoms with Crippen LogP contribution in [0.2, 0.25) is 0 Å². The highest BCUT2D eigenvalue weighted by atomic mass is 32.2. The van der Waals surface area contributed by atoms with E-state index in [2.05, 4.69) is 5.32 Å². The molecule has 7 nitrogen and oxygen atoms in total. The van der Waals surface area contributed by atoms with E-state index in [-0.39, 0.29) is 11.4 Å². The maximum Gasteiger partial charge on any atom is 0.251 e. The number of aryl methyl sites for hydroxylation is 1. The van der Waals surface area contributed by atoms with Gasteiger partial charge in [-0.3, -0.25) is 9.59 Å². The van der Waals surface area contributed by atoms with Crippen molar-refractivity contribution in [2.24, 2.45) is 0 Å². The molecule has 0 unspecified atom stereocenters. The topological polar surface area (TPSA) is 88.5 Å². The van der Waals surface area contributed by atoms with Gasteiger partial charge in [0.15, 0.2) is 0 Å². The number of benzene rings is 1. The third-order valence-electron chi connectivity index (χ3n) is 4.49. The summed E-state index contributed by atoms with van der Waals surface area (Å²) >= 11 is 0. The van der Waals surface area contributed by atoms with Gasteiger partial charge in [0.05, 0.1) is 4.90 Å². The van der Waals surface area contributed by atoms with Crippen LogP contribution in [0.25, 0.3) is 0 Å². The first kappa shape index (κ1) is 20.9. The number of hydrogen-bond acceptors (Lipinski definition) is 4. The lowest BCUT2D eigenvalue weighted by molar-refractivity contribution is -0.116. The molecule has 0 aliphatic carbocycles. The number of pyridine rings is 1. The molecule has 0 radical (unpaired) electrons. The standard InChI is InChI=1S/C19H25N3O4S/c1-5-22(6-2)27(25,26)16-10-11-19(24)21(12-16)13-18(23)20-17-9-7-8-14(3)15(17)4/h7-12H,5-6,13H2,1-4H3,(H,20,23). The lowest BCUT2D eigenvalue weighted by atomic mass is 10.1. The van der Waals surface area contributed by atoms with Gasteiger partial charge in [0, 0.05) is 31.0 Å². The zero-order valence-corrected chi connectivity index (χ0v) is 16.8. The highest BCUT2D eigenvalue weighted by Crippen LogP contribution is 2.18. The molecule has 0 aliphatic rings. The number of carbonyl (C=O) groups is 1. The maximum atomic E-state index is 12.6. The summed E-state index contributed by atoms with van der Waals surface area (Å²) in [5, 5.41) is 2.77. The number of amides is 1. The highest BCUT2D eigenvalue weighted by Gasteiger charge is 2.22. The molecule has 1 heterocycles. The van der Waals surface area contributed by atoms with Crippen molar-refractivity contribution in [1.82, 2.24) is 8.87 Å². The van der Waals surface area contributed by atoms with Crippen LogP contribution < -0.4 is 10.9 Å². The van der Waals surface area contributed by atoms with Crippen LogP contribution in [0.1, 0.15) is 25.0 Å². The molecule has 0 saturated carbocycles. The Morgan fingerprint density at radius 2 is 1.78 bits per heavy atom. The molecule has 2 rings (SSSR count). The van der Waals surface area contributed by atoms with Crippen molar-refractivity contribution in [1.29, 1.82) is 0 Å². The quantitative estimate of drug-likeness (QED) is 0.783. The Kier molecular flexibility index (Phi) is 6.56. The number of anilines is 1. The van der Waals surface area contributed by atoms with Crippen LogP contribution in [0, 0.1) is 13.8 Å². The van der Waals surface area contributed by atoms with E-state index in [1.165, 1.54) is 22.6 Å². The molecular weight excluding hydrogens is 366 g/mol. The predicted molar refractivity (Wildman–Crippen MR) is 105 cm³/mol. The van der Waals surface area contributed by atoms with Gasteiger partial charge in [0.1, 0.15) is 6.54 Å². The summed E-state index contributed by atoms with van der Waals surface area (Å²) in [6.07, 6.45) is 1.22. The molecule has 27 heavy (non-hydrogen) atoms. The van der Waals surface area contributed by atoms with Crippen LogP contribution in [0.5, 0.6) is 0 Å². The van der Waals surface area contributed by atoms with Gasteiger partial charge in [-0.2, -0.15) is 4.31 Å². The van der Waals surface area contributed by atoms with Crippen molar-refractivity contribution in [3.05, 3.63) is 58.0 Å². The van der Waals surface area contributed by atoms with E-state index in [9.17, 15) is 18.0 Å². The van der Waals surface area contributed by atoms with Crippen molar-refractivity contribution < 1.29 is 13.2 Å². The number of aromatic nitrogens is 1. The van der Waals surface area contributed by atoms with Gasteiger partial charge in [0.2, 0.25) is 15.9 Å². The van der Waals surface area contributed by atoms with Crippen molar-refractivity contribution in [2.45, 2.75) is 39.1 Å². The molecule has 0 spiro atoms. The molecular formula is C19H25N3O4S. The molecule has 8 heteroatoms. The fourth-order valence-electron chi connectivity index (χ4n) is 2.73. The summed E-state index contributed by atoms with van der Waals surface area (Å²) in [5.74, 6) is -0.400. The van der Waals surface area contributed by atoms with Crippen LogP contribution in [0.15, 0.2) is 46.2 Å². The van der Waals surface area contributed by atoms with Gasteiger partial charge >= 0.3 is 0 Å². The van der Waals surface area contributed by atoms with Crippen LogP contribution >= 0.6 is 0 Å². The normalized spacial score (nSPS) is 11.6. The Balaban J connectivity index is 2.28. The third kappa shape index (κ3) is 4.64. The first-order chi connectivity index (χ1) is 12.7. The number of rotatable bonds is 7. The Morgan fingerprint density at radius 1 is 1.11 bits per heavy atom. The molecule has 2 aromatic rings. The van der Waals surface area contributed by atoms with E-state index in [1.807, 2.05) is 26.0 Å². The molecule has 1 aromatic carbocycles. The van der Waals surface area contributed by atoms with Crippen molar-refractivity contribution in [3.8, 4) is 0 Å². The van der Waals surface area contributed by atoms with E-state index < -0.39 is 21.5 Å². The Morgan fingerprint density at radius 3 is 2.41 bits per heavy atom. The summed E-state index contributed by atoms with van der Waals surface area (Å²) in [6, 6.07) is 8.00. The Hall–Kier alpha value is -2.45. The third-order valence-corrected chi connectivity index (χ3v) is 6.53. The molecule has 1 aromatic heterocycles. The van der Waals surface area contributed by atoms with Crippen molar-refractivity contribution in [2.75, 3.05) is 18.4 Å². The number of nitrogens with one attached hydrogen (secondary N) is 1. The molecule has 1 N–H and O–H groups in total. The van der Waals surface area contributed by atoms with Gasteiger partial charge in [0.25, 0.3) is 5.56 Å². The van der Waals surface area contributed by atoms with Gasteiger partial charge in [-0.25, -0.2) is 8.42 Å². The molecule has 146 valence electrons. The summed E-state index contributed by atoms with van der Waals surface area (Å²) in [5.41, 5.74) is 2.21. The Bertz CT molecular complexity index is 992. The number of nitrogens with zero attached hydrogens (tertiary/aromatic N) is 2. The molecule has 0 bridgehead atoms.